The van der Waals surface area contributed by atoms with Crippen molar-refractivity contribution >= 4 is 22.6 Å². The topological polar surface area (TPSA) is 79.2 Å². The highest BCUT2D eigenvalue weighted by Gasteiger charge is 2.44. The fraction of sp³-hybridized carbons (Fsp3) is 0.333. The smallest absolute Gasteiger partial charge is 0.262 e. The summed E-state index contributed by atoms with van der Waals surface area (Å²) in [5.41, 5.74) is 2.04. The number of rotatable bonds is 2. The number of carbonyl (C=O) groups is 1. The lowest BCUT2D eigenvalue weighted by Gasteiger charge is -2.25. The number of aliphatic hydroxyl groups is 1. The molecule has 0 saturated carbocycles. The van der Waals surface area contributed by atoms with Crippen LogP contribution in [0.15, 0.2) is 42.7 Å². The quantitative estimate of drug-likeness (QED) is 0.655. The molecule has 1 saturated heterocycles. The SMILES string of the molecule is CC1(O)C(=O)Nc2nccc(-c3cn(C4CCNCC4)c4ccccc34)c21. The number of fused-ring (bicyclic) bond motifs is 2. The molecule has 0 radical (unpaired) electrons. The van der Waals surface area contributed by atoms with Gasteiger partial charge in [0.05, 0.1) is 0 Å². The number of nitrogens with zero attached hydrogens (tertiary/aromatic N) is 2. The molecule has 27 heavy (non-hydrogen) atoms. The molecule has 1 amide bonds. The van der Waals surface area contributed by atoms with Gasteiger partial charge in [-0.1, -0.05) is 18.2 Å². The third kappa shape index (κ3) is 2.40. The summed E-state index contributed by atoms with van der Waals surface area (Å²) < 4.78 is 2.36. The number of pyridine rings is 1. The summed E-state index contributed by atoms with van der Waals surface area (Å²) in [7, 11) is 0. The molecule has 4 heterocycles. The summed E-state index contributed by atoms with van der Waals surface area (Å²) in [5.74, 6) is 0.0146. The van der Waals surface area contributed by atoms with Crippen molar-refractivity contribution in [2.24, 2.45) is 0 Å². The molecule has 2 aromatic heterocycles. The van der Waals surface area contributed by atoms with E-state index >= 15 is 0 Å². The molecule has 1 aromatic carbocycles. The number of nitrogens with one attached hydrogen (secondary N) is 2. The Bertz CT molecular complexity index is 1050. The molecular formula is C21H22N4O2. The fourth-order valence-electron chi connectivity index (χ4n) is 4.42. The first kappa shape index (κ1) is 16.5. The van der Waals surface area contributed by atoms with E-state index in [1.54, 1.807) is 6.20 Å². The maximum atomic E-state index is 12.2. The Morgan fingerprint density at radius 2 is 1.96 bits per heavy atom. The highest BCUT2D eigenvalue weighted by molar-refractivity contribution is 6.08. The minimum Gasteiger partial charge on any atom is -0.375 e. The van der Waals surface area contributed by atoms with Gasteiger partial charge in [-0.05, 0) is 50.6 Å². The molecule has 0 spiro atoms. The Hall–Kier alpha value is -2.70. The zero-order valence-electron chi connectivity index (χ0n) is 15.2. The van der Waals surface area contributed by atoms with Gasteiger partial charge in [-0.2, -0.15) is 0 Å². The second-order valence-electron chi connectivity index (χ2n) is 7.56. The normalized spacial score (nSPS) is 22.8. The van der Waals surface area contributed by atoms with Crippen molar-refractivity contribution in [2.75, 3.05) is 18.4 Å². The average Bonchev–Trinajstić information content (AvgIpc) is 3.18. The van der Waals surface area contributed by atoms with Crippen molar-refractivity contribution in [2.45, 2.75) is 31.4 Å². The van der Waals surface area contributed by atoms with E-state index in [0.717, 1.165) is 42.4 Å². The number of hydrogen-bond acceptors (Lipinski definition) is 4. The minimum atomic E-state index is -1.59. The second-order valence-corrected chi connectivity index (χ2v) is 7.56. The summed E-state index contributed by atoms with van der Waals surface area (Å²) in [4.78, 5) is 16.5. The van der Waals surface area contributed by atoms with E-state index in [4.69, 9.17) is 0 Å². The molecule has 3 N–H and O–H groups in total. The predicted molar refractivity (Wildman–Crippen MR) is 105 cm³/mol. The maximum absolute atomic E-state index is 12.2. The maximum Gasteiger partial charge on any atom is 0.262 e. The van der Waals surface area contributed by atoms with Gasteiger partial charge < -0.3 is 20.3 Å². The zero-order valence-corrected chi connectivity index (χ0v) is 15.2. The van der Waals surface area contributed by atoms with Gasteiger partial charge >= 0.3 is 0 Å². The molecule has 1 unspecified atom stereocenters. The lowest BCUT2D eigenvalue weighted by Crippen LogP contribution is -2.30. The van der Waals surface area contributed by atoms with Gasteiger partial charge in [0.25, 0.3) is 5.91 Å². The third-order valence-corrected chi connectivity index (χ3v) is 5.84. The Labute approximate surface area is 157 Å². The molecule has 2 aliphatic rings. The van der Waals surface area contributed by atoms with Crippen LogP contribution in [0.5, 0.6) is 0 Å². The monoisotopic (exact) mass is 362 g/mol. The first-order valence-electron chi connectivity index (χ1n) is 9.41. The number of carbonyl (C=O) groups excluding carboxylic acids is 1. The number of anilines is 1. The summed E-state index contributed by atoms with van der Waals surface area (Å²) in [6.07, 6.45) is 6.04. The highest BCUT2D eigenvalue weighted by Crippen LogP contribution is 2.44. The van der Waals surface area contributed by atoms with Crippen molar-refractivity contribution in [1.82, 2.24) is 14.9 Å². The molecule has 0 aliphatic carbocycles. The predicted octanol–water partition coefficient (Wildman–Crippen LogP) is 2.79. The van der Waals surface area contributed by atoms with E-state index in [1.165, 1.54) is 12.4 Å². The van der Waals surface area contributed by atoms with Gasteiger partial charge in [0, 0.05) is 40.5 Å². The first-order chi connectivity index (χ1) is 13.1. The average molecular weight is 362 g/mol. The van der Waals surface area contributed by atoms with Gasteiger partial charge in [0.15, 0.2) is 5.60 Å². The van der Waals surface area contributed by atoms with Crippen LogP contribution in [0, 0.1) is 0 Å². The first-order valence-corrected chi connectivity index (χ1v) is 9.41. The van der Waals surface area contributed by atoms with Crippen LogP contribution in [-0.4, -0.2) is 33.7 Å². The van der Waals surface area contributed by atoms with Crippen LogP contribution in [0.1, 0.15) is 31.4 Å². The number of amides is 1. The van der Waals surface area contributed by atoms with Crippen molar-refractivity contribution in [3.63, 3.8) is 0 Å². The van der Waals surface area contributed by atoms with Crippen LogP contribution >= 0.6 is 0 Å². The standard InChI is InChI=1S/C21H22N4O2/c1-21(27)18-15(8-11-23-19(18)24-20(21)26)16-12-25(13-6-9-22-10-7-13)17-5-3-2-4-14(16)17/h2-5,8,11-13,22,27H,6-7,9-10H2,1H3,(H,23,24,26). The number of hydrogen-bond donors (Lipinski definition) is 3. The zero-order chi connectivity index (χ0) is 18.6. The molecular weight excluding hydrogens is 340 g/mol. The van der Waals surface area contributed by atoms with Gasteiger partial charge in [0.2, 0.25) is 0 Å². The molecule has 0 bridgehead atoms. The number of benzene rings is 1. The van der Waals surface area contributed by atoms with E-state index in [9.17, 15) is 9.90 Å². The van der Waals surface area contributed by atoms with Gasteiger partial charge in [-0.3, -0.25) is 4.79 Å². The minimum absolute atomic E-state index is 0.431. The van der Waals surface area contributed by atoms with Crippen molar-refractivity contribution < 1.29 is 9.90 Å². The van der Waals surface area contributed by atoms with Crippen LogP contribution < -0.4 is 10.6 Å². The fourth-order valence-corrected chi connectivity index (χ4v) is 4.42. The van der Waals surface area contributed by atoms with Gasteiger partial charge in [0.1, 0.15) is 5.82 Å². The van der Waals surface area contributed by atoms with E-state index in [1.807, 2.05) is 12.1 Å². The summed E-state index contributed by atoms with van der Waals surface area (Å²) >= 11 is 0. The van der Waals surface area contributed by atoms with E-state index in [2.05, 4.69) is 44.6 Å². The molecule has 6 heteroatoms. The van der Waals surface area contributed by atoms with Crippen LogP contribution in [0.4, 0.5) is 5.82 Å². The van der Waals surface area contributed by atoms with Gasteiger partial charge in [-0.25, -0.2) is 4.98 Å². The molecule has 3 aromatic rings. The molecule has 2 aliphatic heterocycles. The third-order valence-electron chi connectivity index (χ3n) is 5.84. The summed E-state index contributed by atoms with van der Waals surface area (Å²) in [5, 5.41) is 18.1. The number of para-hydroxylation sites is 1. The number of piperidine rings is 1. The van der Waals surface area contributed by atoms with Crippen molar-refractivity contribution in [3.8, 4) is 11.1 Å². The highest BCUT2D eigenvalue weighted by atomic mass is 16.3. The van der Waals surface area contributed by atoms with Gasteiger partial charge in [-0.15, -0.1) is 0 Å². The van der Waals surface area contributed by atoms with Crippen molar-refractivity contribution in [1.29, 1.82) is 0 Å². The van der Waals surface area contributed by atoms with Crippen LogP contribution in [0.3, 0.4) is 0 Å². The Kier molecular flexibility index (Phi) is 3.60. The summed E-state index contributed by atoms with van der Waals surface area (Å²) in [6, 6.07) is 10.7. The Balaban J connectivity index is 1.74. The Morgan fingerprint density at radius 3 is 2.78 bits per heavy atom. The molecule has 1 fully saturated rings. The Morgan fingerprint density at radius 1 is 1.19 bits per heavy atom. The van der Waals surface area contributed by atoms with E-state index in [0.29, 0.717) is 17.4 Å². The molecule has 6 nitrogen and oxygen atoms in total. The lowest BCUT2D eigenvalue weighted by atomic mass is 9.91. The molecule has 5 rings (SSSR count). The summed E-state index contributed by atoms with van der Waals surface area (Å²) in [6.45, 7) is 3.57. The largest absolute Gasteiger partial charge is 0.375 e. The van der Waals surface area contributed by atoms with Crippen LogP contribution in [0.25, 0.3) is 22.0 Å². The van der Waals surface area contributed by atoms with Crippen LogP contribution in [0.2, 0.25) is 0 Å². The van der Waals surface area contributed by atoms with Crippen molar-refractivity contribution in [3.05, 3.63) is 48.3 Å². The lowest BCUT2D eigenvalue weighted by molar-refractivity contribution is -0.131. The van der Waals surface area contributed by atoms with E-state index in [-0.39, 0.29) is 0 Å². The molecule has 1 atom stereocenters. The number of aromatic nitrogens is 2. The van der Waals surface area contributed by atoms with Crippen LogP contribution in [-0.2, 0) is 10.4 Å². The second kappa shape index (κ2) is 5.90. The molecule has 138 valence electrons. The van der Waals surface area contributed by atoms with E-state index < -0.39 is 11.5 Å².